The summed E-state index contributed by atoms with van der Waals surface area (Å²) in [5.41, 5.74) is 9.58. The maximum absolute atomic E-state index is 13.7. The van der Waals surface area contributed by atoms with Crippen LogP contribution in [0, 0.1) is 13.8 Å². The minimum Gasteiger partial charge on any atom is -0.478 e. The number of carboxylic acid groups (broad SMARTS) is 1. The van der Waals surface area contributed by atoms with Gasteiger partial charge in [-0.2, -0.15) is 0 Å². The monoisotopic (exact) mass is 609 g/mol. The zero-order chi connectivity index (χ0) is 32.7. The zero-order valence-electron chi connectivity index (χ0n) is 26.8. The van der Waals surface area contributed by atoms with E-state index < -0.39 is 11.9 Å². The summed E-state index contributed by atoms with van der Waals surface area (Å²) in [4.78, 5) is 55.6. The van der Waals surface area contributed by atoms with Crippen LogP contribution in [0.1, 0.15) is 101 Å². The van der Waals surface area contributed by atoms with Gasteiger partial charge in [-0.1, -0.05) is 26.5 Å². The van der Waals surface area contributed by atoms with Crippen molar-refractivity contribution < 1.29 is 24.2 Å². The Balaban J connectivity index is 2.03. The first kappa shape index (κ1) is 31.4. The number of H-pyrrole nitrogens is 2. The van der Waals surface area contributed by atoms with Gasteiger partial charge in [-0.25, -0.2) is 9.78 Å². The first-order valence-corrected chi connectivity index (χ1v) is 15.1. The number of nitrogens with zero attached hydrogens (tertiary/aromatic N) is 2. The van der Waals surface area contributed by atoms with Crippen LogP contribution in [-0.4, -0.2) is 57.0 Å². The fraction of sp³-hybridized carbons (Fsp3) is 0.343. The van der Waals surface area contributed by atoms with E-state index in [-0.39, 0.29) is 41.1 Å². The number of aromatic amines is 2. The van der Waals surface area contributed by atoms with Crippen LogP contribution < -0.4 is 5.32 Å². The molecule has 0 unspecified atom stereocenters. The summed E-state index contributed by atoms with van der Waals surface area (Å²) in [6.45, 7) is 13.9. The molecule has 0 fully saturated rings. The standard InChI is InChI=1S/C35H39N5O5/c1-9-20-16(3)23-13-25-18(5)22(11-12-29(41)45-8)32(39-25)31(34(42)36-7)33-30(35(43)44)19(6)26(40-33)15-28-21(10-2)17(4)24(38-28)14-27(20)37-23/h9,13-15,18,22,37-38H,1,10-12H2,2-8H3,(H,36,42)(H,43,44)/t18-,22-/m0/s1. The molecule has 2 aliphatic heterocycles. The summed E-state index contributed by atoms with van der Waals surface area (Å²) in [6, 6.07) is 5.87. The van der Waals surface area contributed by atoms with Gasteiger partial charge in [0.05, 0.1) is 35.3 Å². The van der Waals surface area contributed by atoms with Gasteiger partial charge in [0.15, 0.2) is 0 Å². The number of aliphatic carboxylic acids is 1. The number of ether oxygens (including phenoxy) is 1. The molecule has 5 rings (SSSR count). The van der Waals surface area contributed by atoms with Gasteiger partial charge in [0, 0.05) is 58.6 Å². The van der Waals surface area contributed by atoms with E-state index in [1.54, 1.807) is 6.92 Å². The Bertz CT molecular complexity index is 1960. The Hall–Kier alpha value is -4.99. The number of esters is 1. The lowest BCUT2D eigenvalue weighted by molar-refractivity contribution is -0.140. The molecular formula is C35H39N5O5. The SMILES string of the molecule is C=Cc1c(C)c2cc3nc(c(C(=O)NC)c4nc(cc5[nH]c(cc1[nH]2)c(C)c5CC)C(C)=C4C(=O)O)[C@@H](CCC(=O)OC)[C@@H]3C. The van der Waals surface area contributed by atoms with E-state index in [2.05, 4.69) is 41.8 Å². The molecule has 5 heterocycles. The predicted octanol–water partition coefficient (Wildman–Crippen LogP) is 6.35. The summed E-state index contributed by atoms with van der Waals surface area (Å²) >= 11 is 0. The van der Waals surface area contributed by atoms with E-state index in [0.717, 1.165) is 50.7 Å². The van der Waals surface area contributed by atoms with Gasteiger partial charge in [-0.15, -0.1) is 0 Å². The van der Waals surface area contributed by atoms with Crippen molar-refractivity contribution in [3.8, 4) is 0 Å². The molecule has 0 saturated carbocycles. The van der Waals surface area contributed by atoms with Crippen LogP contribution in [0.4, 0.5) is 0 Å². The first-order chi connectivity index (χ1) is 21.4. The highest BCUT2D eigenvalue weighted by Crippen LogP contribution is 2.43. The van der Waals surface area contributed by atoms with E-state index >= 15 is 0 Å². The molecule has 45 heavy (non-hydrogen) atoms. The predicted molar refractivity (Wildman–Crippen MR) is 176 cm³/mol. The molecule has 10 nitrogen and oxygen atoms in total. The molecular weight excluding hydrogens is 570 g/mol. The molecule has 8 bridgehead atoms. The van der Waals surface area contributed by atoms with Crippen LogP contribution in [0.5, 0.6) is 0 Å². The van der Waals surface area contributed by atoms with Crippen LogP contribution in [0.15, 0.2) is 24.8 Å². The third-order valence-electron chi connectivity index (χ3n) is 9.19. The van der Waals surface area contributed by atoms with E-state index in [1.807, 2.05) is 32.1 Å². The van der Waals surface area contributed by atoms with Crippen molar-refractivity contribution in [1.29, 1.82) is 0 Å². The van der Waals surface area contributed by atoms with Crippen molar-refractivity contribution in [3.63, 3.8) is 0 Å². The fourth-order valence-corrected chi connectivity index (χ4v) is 6.56. The number of hydrogen-bond acceptors (Lipinski definition) is 6. The van der Waals surface area contributed by atoms with E-state index in [0.29, 0.717) is 29.1 Å². The number of carbonyl (C=O) groups is 3. The number of fused-ring (bicyclic) bond motifs is 8. The normalized spacial score (nSPS) is 16.1. The van der Waals surface area contributed by atoms with Crippen molar-refractivity contribution >= 4 is 57.1 Å². The third-order valence-corrected chi connectivity index (χ3v) is 9.19. The second kappa shape index (κ2) is 12.2. The van der Waals surface area contributed by atoms with Crippen LogP contribution in [0.3, 0.4) is 0 Å². The molecule has 0 radical (unpaired) electrons. The highest BCUT2D eigenvalue weighted by molar-refractivity contribution is 6.26. The van der Waals surface area contributed by atoms with Crippen molar-refractivity contribution in [1.82, 2.24) is 25.3 Å². The first-order valence-electron chi connectivity index (χ1n) is 15.1. The number of hydrogen-bond donors (Lipinski definition) is 4. The summed E-state index contributed by atoms with van der Waals surface area (Å²) in [7, 11) is 2.83. The van der Waals surface area contributed by atoms with Crippen LogP contribution in [-0.2, 0) is 20.7 Å². The average Bonchev–Trinajstić information content (AvgIpc) is 3.69. The lowest BCUT2D eigenvalue weighted by Crippen LogP contribution is -2.23. The van der Waals surface area contributed by atoms with E-state index in [1.165, 1.54) is 14.2 Å². The van der Waals surface area contributed by atoms with E-state index in [4.69, 9.17) is 14.7 Å². The highest BCUT2D eigenvalue weighted by atomic mass is 16.5. The Kier molecular flexibility index (Phi) is 8.51. The maximum atomic E-state index is 13.7. The summed E-state index contributed by atoms with van der Waals surface area (Å²) in [5.74, 6) is -2.68. The fourth-order valence-electron chi connectivity index (χ4n) is 6.56. The van der Waals surface area contributed by atoms with Crippen molar-refractivity contribution in [2.45, 2.75) is 65.7 Å². The number of methoxy groups -OCH3 is 1. The molecule has 1 amide bonds. The molecule has 3 aromatic rings. The molecule has 10 heteroatoms. The Morgan fingerprint density at radius 1 is 1.04 bits per heavy atom. The Morgan fingerprint density at radius 2 is 1.73 bits per heavy atom. The van der Waals surface area contributed by atoms with Crippen molar-refractivity contribution in [3.05, 3.63) is 75.4 Å². The number of aromatic nitrogens is 4. The zero-order valence-corrected chi connectivity index (χ0v) is 26.8. The van der Waals surface area contributed by atoms with Gasteiger partial charge < -0.3 is 25.1 Å². The smallest absolute Gasteiger partial charge is 0.338 e. The molecule has 0 spiro atoms. The summed E-state index contributed by atoms with van der Waals surface area (Å²) < 4.78 is 4.92. The van der Waals surface area contributed by atoms with Gasteiger partial charge >= 0.3 is 11.9 Å². The number of allylic oxidation sites excluding steroid dienone is 1. The number of carboxylic acids is 1. The lowest BCUT2D eigenvalue weighted by Gasteiger charge is -2.17. The molecule has 3 aromatic heterocycles. The van der Waals surface area contributed by atoms with Gasteiger partial charge in [0.25, 0.3) is 5.91 Å². The minimum absolute atomic E-state index is 0.0494. The molecule has 234 valence electrons. The van der Waals surface area contributed by atoms with Gasteiger partial charge in [-0.3, -0.25) is 14.6 Å². The quantitative estimate of drug-likeness (QED) is 0.228. The highest BCUT2D eigenvalue weighted by Gasteiger charge is 2.37. The minimum atomic E-state index is -1.19. The Morgan fingerprint density at radius 3 is 2.36 bits per heavy atom. The number of aryl methyl sites for hydroxylation is 3. The van der Waals surface area contributed by atoms with Crippen molar-refractivity contribution in [2.24, 2.45) is 0 Å². The lowest BCUT2D eigenvalue weighted by atomic mass is 9.85. The van der Waals surface area contributed by atoms with Crippen LogP contribution in [0.2, 0.25) is 0 Å². The second-order valence-electron chi connectivity index (χ2n) is 11.6. The number of amides is 1. The number of nitrogens with one attached hydrogen (secondary N) is 3. The summed E-state index contributed by atoms with van der Waals surface area (Å²) in [6.07, 6.45) is 3.01. The Labute approximate surface area is 261 Å². The van der Waals surface area contributed by atoms with Gasteiger partial charge in [-0.05, 0) is 74.1 Å². The van der Waals surface area contributed by atoms with Gasteiger partial charge in [0.1, 0.15) is 0 Å². The molecule has 2 aliphatic rings. The molecule has 2 atom stereocenters. The maximum Gasteiger partial charge on any atom is 0.338 e. The average molecular weight is 610 g/mol. The molecule has 0 aliphatic carbocycles. The van der Waals surface area contributed by atoms with Crippen LogP contribution in [0.25, 0.3) is 39.3 Å². The second-order valence-corrected chi connectivity index (χ2v) is 11.6. The molecule has 0 aromatic carbocycles. The molecule has 4 N–H and O–H groups in total. The number of rotatable bonds is 7. The van der Waals surface area contributed by atoms with Crippen molar-refractivity contribution in [2.75, 3.05) is 14.2 Å². The summed E-state index contributed by atoms with van der Waals surface area (Å²) in [5, 5.41) is 13.1. The topological polar surface area (TPSA) is 150 Å². The molecule has 0 saturated heterocycles. The van der Waals surface area contributed by atoms with Gasteiger partial charge in [0.2, 0.25) is 0 Å². The largest absolute Gasteiger partial charge is 0.478 e. The van der Waals surface area contributed by atoms with E-state index in [9.17, 15) is 19.5 Å². The number of carbonyl (C=O) groups excluding carboxylic acids is 2. The third kappa shape index (κ3) is 5.34. The van der Waals surface area contributed by atoms with Crippen LogP contribution >= 0.6 is 0 Å².